The highest BCUT2D eigenvalue weighted by atomic mass is 16.5. The molecule has 4 rings (SSSR count). The van der Waals surface area contributed by atoms with Crippen molar-refractivity contribution >= 4 is 27.6 Å². The van der Waals surface area contributed by atoms with Gasteiger partial charge in [0.2, 0.25) is 0 Å². The van der Waals surface area contributed by atoms with Gasteiger partial charge in [-0.25, -0.2) is 9.97 Å². The molecular weight excluding hydrogens is 318 g/mol. The van der Waals surface area contributed by atoms with E-state index in [9.17, 15) is 0 Å². The molecule has 0 saturated heterocycles. The van der Waals surface area contributed by atoms with E-state index in [-0.39, 0.29) is 0 Å². The number of ether oxygens (including phenoxy) is 2. The van der Waals surface area contributed by atoms with E-state index < -0.39 is 0 Å². The Balaban J connectivity index is 2.10. The zero-order chi connectivity index (χ0) is 17.6. The van der Waals surface area contributed by atoms with E-state index in [0.29, 0.717) is 34.2 Å². The quantitative estimate of drug-likeness (QED) is 0.619. The minimum atomic E-state index is 0.599. The number of methoxy groups -OCH3 is 2. The molecule has 1 aromatic carbocycles. The lowest BCUT2D eigenvalue weighted by molar-refractivity contribution is 0.356. The van der Waals surface area contributed by atoms with E-state index in [1.807, 2.05) is 37.3 Å². The smallest absolute Gasteiger partial charge is 0.167 e. The molecule has 7 heteroatoms. The topological polar surface area (TPSA) is 88.1 Å². The molecular formula is C18H17N5O2. The molecule has 25 heavy (non-hydrogen) atoms. The van der Waals surface area contributed by atoms with Crippen LogP contribution in [0.25, 0.3) is 27.8 Å². The number of nitrogen functional groups attached to an aromatic ring is 1. The largest absolute Gasteiger partial charge is 0.493 e. The molecule has 0 amide bonds. The maximum Gasteiger partial charge on any atom is 0.167 e. The fourth-order valence-electron chi connectivity index (χ4n) is 3.00. The Morgan fingerprint density at radius 3 is 2.52 bits per heavy atom. The molecule has 0 aliphatic heterocycles. The molecule has 0 spiro atoms. The first-order chi connectivity index (χ1) is 12.1. The van der Waals surface area contributed by atoms with Crippen LogP contribution in [0.2, 0.25) is 0 Å². The predicted octanol–water partition coefficient (Wildman–Crippen LogP) is 2.88. The number of hydrogen-bond acceptors (Lipinski definition) is 6. The van der Waals surface area contributed by atoms with Crippen LogP contribution >= 0.6 is 0 Å². The monoisotopic (exact) mass is 335 g/mol. The van der Waals surface area contributed by atoms with Crippen LogP contribution < -0.4 is 15.2 Å². The third kappa shape index (κ3) is 2.24. The van der Waals surface area contributed by atoms with Crippen molar-refractivity contribution < 1.29 is 9.47 Å². The standard InChI is InChI=1S/C18H17N5O2/c1-10-16-17(19)11-8-13(24-2)14(25-3)9-12(11)21-18(16)23(22-10)15-6-4-5-7-20-15/h4-9H,1-3H3,(H2,19,21). The summed E-state index contributed by atoms with van der Waals surface area (Å²) in [5.74, 6) is 1.90. The SMILES string of the molecule is COc1cc2nc3c(c(C)nn3-c3ccccn3)c(N)c2cc1OC. The summed E-state index contributed by atoms with van der Waals surface area (Å²) in [6.45, 7) is 1.91. The Morgan fingerprint density at radius 1 is 1.08 bits per heavy atom. The van der Waals surface area contributed by atoms with Crippen molar-refractivity contribution in [3.8, 4) is 17.3 Å². The number of rotatable bonds is 3. The number of aromatic nitrogens is 4. The highest BCUT2D eigenvalue weighted by Gasteiger charge is 2.18. The summed E-state index contributed by atoms with van der Waals surface area (Å²) < 4.78 is 12.5. The maximum absolute atomic E-state index is 6.45. The fraction of sp³-hybridized carbons (Fsp3) is 0.167. The number of fused-ring (bicyclic) bond motifs is 2. The van der Waals surface area contributed by atoms with Crippen LogP contribution in [0.5, 0.6) is 11.5 Å². The lowest BCUT2D eigenvalue weighted by Gasteiger charge is -2.11. The highest BCUT2D eigenvalue weighted by Crippen LogP contribution is 2.37. The summed E-state index contributed by atoms with van der Waals surface area (Å²) in [6.07, 6.45) is 1.72. The normalized spacial score (nSPS) is 11.2. The third-order valence-electron chi connectivity index (χ3n) is 4.19. The Hall–Kier alpha value is -3.35. The Labute approximate surface area is 144 Å². The first kappa shape index (κ1) is 15.2. The van der Waals surface area contributed by atoms with Gasteiger partial charge in [0, 0.05) is 17.6 Å². The van der Waals surface area contributed by atoms with Gasteiger partial charge in [-0.1, -0.05) is 6.07 Å². The Morgan fingerprint density at radius 2 is 1.84 bits per heavy atom. The van der Waals surface area contributed by atoms with Gasteiger partial charge in [-0.15, -0.1) is 0 Å². The molecule has 3 heterocycles. The van der Waals surface area contributed by atoms with Crippen LogP contribution in [0.1, 0.15) is 5.69 Å². The number of hydrogen-bond donors (Lipinski definition) is 1. The number of benzene rings is 1. The predicted molar refractivity (Wildman–Crippen MR) is 96.4 cm³/mol. The molecule has 7 nitrogen and oxygen atoms in total. The zero-order valence-corrected chi connectivity index (χ0v) is 14.1. The van der Waals surface area contributed by atoms with Gasteiger partial charge in [-0.2, -0.15) is 9.78 Å². The van der Waals surface area contributed by atoms with Crippen LogP contribution in [-0.4, -0.2) is 34.0 Å². The summed E-state index contributed by atoms with van der Waals surface area (Å²) in [7, 11) is 3.18. The van der Waals surface area contributed by atoms with Gasteiger partial charge in [-0.05, 0) is 25.1 Å². The van der Waals surface area contributed by atoms with Crippen molar-refractivity contribution in [2.24, 2.45) is 0 Å². The van der Waals surface area contributed by atoms with Crippen LogP contribution in [-0.2, 0) is 0 Å². The first-order valence-corrected chi connectivity index (χ1v) is 7.76. The second-order valence-electron chi connectivity index (χ2n) is 5.63. The summed E-state index contributed by atoms with van der Waals surface area (Å²) >= 11 is 0. The maximum atomic E-state index is 6.45. The first-order valence-electron chi connectivity index (χ1n) is 7.76. The molecule has 3 aromatic heterocycles. The summed E-state index contributed by atoms with van der Waals surface area (Å²) in [5.41, 5.74) is 9.23. The van der Waals surface area contributed by atoms with Crippen LogP contribution in [0.3, 0.4) is 0 Å². The molecule has 0 aliphatic rings. The van der Waals surface area contributed by atoms with Gasteiger partial charge < -0.3 is 15.2 Å². The van der Waals surface area contributed by atoms with Gasteiger partial charge in [0.15, 0.2) is 23.0 Å². The Bertz CT molecular complexity index is 1090. The molecule has 0 unspecified atom stereocenters. The number of anilines is 1. The molecule has 126 valence electrons. The lowest BCUT2D eigenvalue weighted by atomic mass is 10.1. The lowest BCUT2D eigenvalue weighted by Crippen LogP contribution is -2.01. The van der Waals surface area contributed by atoms with Crippen molar-refractivity contribution in [1.82, 2.24) is 19.7 Å². The van der Waals surface area contributed by atoms with Crippen LogP contribution in [0.4, 0.5) is 5.69 Å². The number of nitrogens with zero attached hydrogens (tertiary/aromatic N) is 4. The van der Waals surface area contributed by atoms with Crippen molar-refractivity contribution in [1.29, 1.82) is 0 Å². The molecule has 0 fully saturated rings. The van der Waals surface area contributed by atoms with Gasteiger partial charge in [0.25, 0.3) is 0 Å². The summed E-state index contributed by atoms with van der Waals surface area (Å²) in [5, 5.41) is 6.19. The minimum absolute atomic E-state index is 0.599. The summed E-state index contributed by atoms with van der Waals surface area (Å²) in [4.78, 5) is 9.12. The molecule has 0 radical (unpaired) electrons. The van der Waals surface area contributed by atoms with E-state index >= 15 is 0 Å². The third-order valence-corrected chi connectivity index (χ3v) is 4.19. The second-order valence-corrected chi connectivity index (χ2v) is 5.63. The van der Waals surface area contributed by atoms with Crippen molar-refractivity contribution in [3.63, 3.8) is 0 Å². The molecule has 2 N–H and O–H groups in total. The van der Waals surface area contributed by atoms with Crippen molar-refractivity contribution in [2.75, 3.05) is 20.0 Å². The molecule has 0 aliphatic carbocycles. The van der Waals surface area contributed by atoms with E-state index in [1.54, 1.807) is 25.1 Å². The van der Waals surface area contributed by atoms with E-state index in [1.165, 1.54) is 0 Å². The highest BCUT2D eigenvalue weighted by molar-refractivity contribution is 6.07. The summed E-state index contributed by atoms with van der Waals surface area (Å²) in [6, 6.07) is 9.30. The van der Waals surface area contributed by atoms with E-state index in [0.717, 1.165) is 16.5 Å². The van der Waals surface area contributed by atoms with Gasteiger partial charge in [0.1, 0.15) is 0 Å². The Kier molecular flexibility index (Phi) is 3.42. The van der Waals surface area contributed by atoms with Crippen molar-refractivity contribution in [3.05, 3.63) is 42.2 Å². The average molecular weight is 335 g/mol. The van der Waals surface area contributed by atoms with E-state index in [4.69, 9.17) is 20.2 Å². The minimum Gasteiger partial charge on any atom is -0.493 e. The van der Waals surface area contributed by atoms with Crippen molar-refractivity contribution in [2.45, 2.75) is 6.92 Å². The number of nitrogens with two attached hydrogens (primary N) is 1. The number of pyridine rings is 2. The fourth-order valence-corrected chi connectivity index (χ4v) is 3.00. The van der Waals surface area contributed by atoms with Crippen LogP contribution in [0, 0.1) is 6.92 Å². The van der Waals surface area contributed by atoms with Gasteiger partial charge in [-0.3, -0.25) is 0 Å². The molecule has 0 atom stereocenters. The molecule has 4 aromatic rings. The van der Waals surface area contributed by atoms with Crippen LogP contribution in [0.15, 0.2) is 36.5 Å². The average Bonchev–Trinajstić information content (AvgIpc) is 2.98. The number of aryl methyl sites for hydroxylation is 1. The van der Waals surface area contributed by atoms with E-state index in [2.05, 4.69) is 10.1 Å². The second kappa shape index (κ2) is 5.62. The van der Waals surface area contributed by atoms with Gasteiger partial charge >= 0.3 is 0 Å². The zero-order valence-electron chi connectivity index (χ0n) is 14.1. The van der Waals surface area contributed by atoms with Gasteiger partial charge in [0.05, 0.1) is 36.5 Å². The molecule has 0 bridgehead atoms. The molecule has 0 saturated carbocycles.